The Kier molecular flexibility index (Phi) is 9.08. The largest absolute Gasteiger partial charge is 0.493 e. The van der Waals surface area contributed by atoms with Crippen molar-refractivity contribution in [2.75, 3.05) is 20.3 Å². The van der Waals surface area contributed by atoms with E-state index in [-0.39, 0.29) is 36.7 Å². The maximum absolute atomic E-state index is 12.4. The molecule has 2 aromatic carbocycles. The number of halogens is 1. The van der Waals surface area contributed by atoms with Gasteiger partial charge in [-0.25, -0.2) is 0 Å². The summed E-state index contributed by atoms with van der Waals surface area (Å²) in [5.74, 6) is -0.375. The number of benzene rings is 2. The Morgan fingerprint density at radius 2 is 1.84 bits per heavy atom. The van der Waals surface area contributed by atoms with Crippen LogP contribution in [0.4, 0.5) is 5.69 Å². The molecule has 0 radical (unpaired) electrons. The molecule has 0 spiro atoms. The molecule has 0 unspecified atom stereocenters. The van der Waals surface area contributed by atoms with Crippen LogP contribution in [0.2, 0.25) is 5.02 Å². The van der Waals surface area contributed by atoms with Gasteiger partial charge in [0.15, 0.2) is 11.5 Å². The first-order valence-corrected chi connectivity index (χ1v) is 10.1. The third kappa shape index (κ3) is 6.74. The first-order valence-electron chi connectivity index (χ1n) is 9.74. The van der Waals surface area contributed by atoms with E-state index in [1.807, 2.05) is 6.92 Å². The number of hydrogen-bond donors (Lipinski definition) is 2. The minimum Gasteiger partial charge on any atom is -0.493 e. The van der Waals surface area contributed by atoms with Gasteiger partial charge >= 0.3 is 0 Å². The number of hydrogen-bond acceptors (Lipinski definition) is 7. The van der Waals surface area contributed by atoms with Crippen molar-refractivity contribution in [1.82, 2.24) is 10.9 Å². The topological polar surface area (TPSA) is 129 Å². The van der Waals surface area contributed by atoms with E-state index in [0.29, 0.717) is 17.2 Å². The van der Waals surface area contributed by atoms with Crippen molar-refractivity contribution in [3.63, 3.8) is 0 Å². The molecule has 2 aromatic rings. The van der Waals surface area contributed by atoms with Gasteiger partial charge in [0.2, 0.25) is 5.91 Å². The number of carbonyl (C=O) groups is 2. The van der Waals surface area contributed by atoms with E-state index in [0.717, 1.165) is 11.6 Å². The molecule has 32 heavy (non-hydrogen) atoms. The van der Waals surface area contributed by atoms with Crippen LogP contribution in [0.15, 0.2) is 30.3 Å². The molecule has 0 saturated carbocycles. The Balaban J connectivity index is 1.91. The second-order valence-corrected chi connectivity index (χ2v) is 7.01. The highest BCUT2D eigenvalue weighted by molar-refractivity contribution is 6.30. The minimum atomic E-state index is -0.860. The van der Waals surface area contributed by atoms with E-state index < -0.39 is 22.4 Å². The number of nitrogens with zero attached hydrogens (tertiary/aromatic N) is 1. The summed E-state index contributed by atoms with van der Waals surface area (Å²) in [6.45, 7) is 4.13. The molecule has 10 nitrogen and oxygen atoms in total. The molecule has 2 N–H and O–H groups in total. The lowest BCUT2D eigenvalue weighted by Crippen LogP contribution is -2.41. The zero-order valence-electron chi connectivity index (χ0n) is 17.9. The number of methoxy groups -OCH3 is 1. The lowest BCUT2D eigenvalue weighted by molar-refractivity contribution is -0.385. The fourth-order valence-corrected chi connectivity index (χ4v) is 2.98. The van der Waals surface area contributed by atoms with Gasteiger partial charge in [0.25, 0.3) is 11.6 Å². The molecule has 0 heterocycles. The monoisotopic (exact) mass is 465 g/mol. The van der Waals surface area contributed by atoms with E-state index in [1.165, 1.54) is 13.2 Å². The van der Waals surface area contributed by atoms with Gasteiger partial charge in [-0.15, -0.1) is 0 Å². The van der Waals surface area contributed by atoms with E-state index in [9.17, 15) is 19.7 Å². The van der Waals surface area contributed by atoms with Gasteiger partial charge in [-0.1, -0.05) is 11.6 Å². The van der Waals surface area contributed by atoms with Gasteiger partial charge < -0.3 is 14.2 Å². The Labute approximate surface area is 189 Å². The average Bonchev–Trinajstić information content (AvgIpc) is 2.76. The van der Waals surface area contributed by atoms with E-state index in [4.69, 9.17) is 25.8 Å². The van der Waals surface area contributed by atoms with Gasteiger partial charge in [0, 0.05) is 17.5 Å². The molecule has 0 atom stereocenters. The Morgan fingerprint density at radius 3 is 2.47 bits per heavy atom. The number of ether oxygens (including phenoxy) is 3. The predicted molar refractivity (Wildman–Crippen MR) is 117 cm³/mol. The number of aryl methyl sites for hydroxylation is 1. The Bertz CT molecular complexity index is 998. The fourth-order valence-electron chi connectivity index (χ4n) is 2.76. The predicted octanol–water partition coefficient (Wildman–Crippen LogP) is 3.58. The minimum absolute atomic E-state index is 0.0712. The van der Waals surface area contributed by atoms with Crippen molar-refractivity contribution in [2.24, 2.45) is 0 Å². The van der Waals surface area contributed by atoms with Crippen LogP contribution in [0.1, 0.15) is 35.7 Å². The van der Waals surface area contributed by atoms with Gasteiger partial charge in [-0.3, -0.25) is 30.6 Å². The van der Waals surface area contributed by atoms with Crippen molar-refractivity contribution in [1.29, 1.82) is 0 Å². The molecule has 172 valence electrons. The van der Waals surface area contributed by atoms with Gasteiger partial charge in [-0.05, 0) is 44.0 Å². The lowest BCUT2D eigenvalue weighted by atomic mass is 10.1. The number of nitro benzene ring substituents is 1. The molecule has 2 amide bonds. The molecular weight excluding hydrogens is 442 g/mol. The third-order valence-corrected chi connectivity index (χ3v) is 4.52. The molecule has 0 aliphatic heterocycles. The van der Waals surface area contributed by atoms with Crippen LogP contribution in [0.25, 0.3) is 0 Å². The summed E-state index contributed by atoms with van der Waals surface area (Å²) >= 11 is 5.90. The standard InChI is InChI=1S/C21H24ClN3O7/c1-4-31-19-11-15(16(25(28)29)12-18(19)30-3)21(27)24-23-20(26)6-5-9-32-17-8-7-14(22)10-13(17)2/h7-8,10-12H,4-6,9H2,1-3H3,(H,23,26)(H,24,27). The van der Waals surface area contributed by atoms with Crippen molar-refractivity contribution in [3.8, 4) is 17.2 Å². The number of amides is 2. The molecule has 0 aliphatic rings. The second kappa shape index (κ2) is 11.8. The fraction of sp³-hybridized carbons (Fsp3) is 0.333. The molecule has 0 bridgehead atoms. The number of nitro groups is 1. The van der Waals surface area contributed by atoms with Crippen LogP contribution >= 0.6 is 11.6 Å². The number of carbonyl (C=O) groups excluding carboxylic acids is 2. The highest BCUT2D eigenvalue weighted by Gasteiger charge is 2.25. The second-order valence-electron chi connectivity index (χ2n) is 6.57. The normalized spacial score (nSPS) is 10.2. The summed E-state index contributed by atoms with van der Waals surface area (Å²) < 4.78 is 16.0. The quantitative estimate of drug-likeness (QED) is 0.311. The summed E-state index contributed by atoms with van der Waals surface area (Å²) in [6, 6.07) is 7.52. The van der Waals surface area contributed by atoms with E-state index >= 15 is 0 Å². The van der Waals surface area contributed by atoms with Crippen LogP contribution < -0.4 is 25.1 Å². The SMILES string of the molecule is CCOc1cc(C(=O)NNC(=O)CCCOc2ccc(Cl)cc2C)c([N+](=O)[O-])cc1OC. The van der Waals surface area contributed by atoms with E-state index in [2.05, 4.69) is 10.9 Å². The molecule has 0 saturated heterocycles. The summed E-state index contributed by atoms with van der Waals surface area (Å²) in [5, 5.41) is 12.0. The third-order valence-electron chi connectivity index (χ3n) is 4.28. The molecule has 11 heteroatoms. The van der Waals surface area contributed by atoms with Crippen LogP contribution in [0, 0.1) is 17.0 Å². The van der Waals surface area contributed by atoms with Crippen molar-refractivity contribution >= 4 is 29.1 Å². The zero-order chi connectivity index (χ0) is 23.7. The molecule has 0 aliphatic carbocycles. The maximum atomic E-state index is 12.4. The average molecular weight is 466 g/mol. The van der Waals surface area contributed by atoms with E-state index in [1.54, 1.807) is 25.1 Å². The summed E-state index contributed by atoms with van der Waals surface area (Å²) in [5.41, 5.74) is 4.54. The van der Waals surface area contributed by atoms with Crippen LogP contribution in [-0.2, 0) is 4.79 Å². The first kappa shape index (κ1) is 24.7. The molecular formula is C21H24ClN3O7. The number of hydrazine groups is 1. The summed E-state index contributed by atoms with van der Waals surface area (Å²) in [6.07, 6.45) is 0.461. The molecule has 0 aromatic heterocycles. The highest BCUT2D eigenvalue weighted by Crippen LogP contribution is 2.34. The summed E-state index contributed by atoms with van der Waals surface area (Å²) in [4.78, 5) is 35.1. The Hall–Kier alpha value is -3.53. The first-order chi connectivity index (χ1) is 15.3. The van der Waals surface area contributed by atoms with Gasteiger partial charge in [0.1, 0.15) is 11.3 Å². The van der Waals surface area contributed by atoms with Gasteiger partial charge in [-0.2, -0.15) is 0 Å². The van der Waals surface area contributed by atoms with Crippen molar-refractivity contribution < 1.29 is 28.7 Å². The van der Waals surface area contributed by atoms with Crippen molar-refractivity contribution in [2.45, 2.75) is 26.7 Å². The van der Waals surface area contributed by atoms with Crippen LogP contribution in [0.3, 0.4) is 0 Å². The van der Waals surface area contributed by atoms with Crippen molar-refractivity contribution in [3.05, 3.63) is 56.6 Å². The van der Waals surface area contributed by atoms with Crippen LogP contribution in [-0.4, -0.2) is 37.1 Å². The lowest BCUT2D eigenvalue weighted by Gasteiger charge is -2.12. The van der Waals surface area contributed by atoms with Gasteiger partial charge in [0.05, 0.1) is 31.3 Å². The summed E-state index contributed by atoms with van der Waals surface area (Å²) in [7, 11) is 1.33. The Morgan fingerprint density at radius 1 is 1.09 bits per heavy atom. The molecule has 0 fully saturated rings. The van der Waals surface area contributed by atoms with Crippen LogP contribution in [0.5, 0.6) is 17.2 Å². The molecule has 2 rings (SSSR count). The zero-order valence-corrected chi connectivity index (χ0v) is 18.7. The number of rotatable bonds is 10. The smallest absolute Gasteiger partial charge is 0.286 e. The highest BCUT2D eigenvalue weighted by atomic mass is 35.5. The maximum Gasteiger partial charge on any atom is 0.286 e. The number of nitrogens with one attached hydrogen (secondary N) is 2.